The zero-order chi connectivity index (χ0) is 17.5. The minimum absolute atomic E-state index is 0.102. The van der Waals surface area contributed by atoms with Gasteiger partial charge in [-0.05, 0) is 58.2 Å². The maximum absolute atomic E-state index is 12.6. The van der Waals surface area contributed by atoms with Gasteiger partial charge in [0.05, 0.1) is 6.54 Å². The Morgan fingerprint density at radius 3 is 2.04 bits per heavy atom. The maximum atomic E-state index is 12.6. The Bertz CT molecular complexity index is 669. The Morgan fingerprint density at radius 1 is 1.04 bits per heavy atom. The van der Waals surface area contributed by atoms with E-state index in [1.165, 1.54) is 4.90 Å². The van der Waals surface area contributed by atoms with Gasteiger partial charge in [0.25, 0.3) is 5.91 Å². The van der Waals surface area contributed by atoms with Gasteiger partial charge in [-0.1, -0.05) is 12.1 Å². The number of amides is 3. The van der Waals surface area contributed by atoms with Crippen LogP contribution in [-0.4, -0.2) is 39.6 Å². The lowest BCUT2D eigenvalue weighted by atomic mass is 10.00. The van der Waals surface area contributed by atoms with Crippen LogP contribution < -0.4 is 0 Å². The van der Waals surface area contributed by atoms with E-state index in [4.69, 9.17) is 0 Å². The first-order chi connectivity index (χ1) is 10.7. The zero-order valence-corrected chi connectivity index (χ0v) is 14.6. The van der Waals surface area contributed by atoms with Gasteiger partial charge in [0, 0.05) is 17.6 Å². The summed E-state index contributed by atoms with van der Waals surface area (Å²) in [6, 6.07) is 3.60. The van der Waals surface area contributed by atoms with Crippen LogP contribution in [0, 0.1) is 13.8 Å². The number of carbonyl (C=O) groups excluding carboxylic acids is 3. The summed E-state index contributed by atoms with van der Waals surface area (Å²) in [6.45, 7) is 11.4. The Labute approximate surface area is 137 Å². The van der Waals surface area contributed by atoms with E-state index in [-0.39, 0.29) is 24.5 Å². The van der Waals surface area contributed by atoms with E-state index in [0.29, 0.717) is 5.56 Å². The standard InChI is InChI=1S/C18H24N2O3/c1-10(2)20(11(3)4)18(23)17(22)19-9-14-12(5)7-8-13(6)15(14)16(19)21/h7-8,10-11H,9H2,1-6H3. The molecule has 0 saturated carbocycles. The lowest BCUT2D eigenvalue weighted by Gasteiger charge is -2.31. The third kappa shape index (κ3) is 2.87. The fraction of sp³-hybridized carbons (Fsp3) is 0.500. The smallest absolute Gasteiger partial charge is 0.319 e. The van der Waals surface area contributed by atoms with Crippen molar-refractivity contribution in [2.45, 2.75) is 60.2 Å². The molecule has 0 radical (unpaired) electrons. The second kappa shape index (κ2) is 6.14. The first-order valence-corrected chi connectivity index (χ1v) is 7.94. The summed E-state index contributed by atoms with van der Waals surface area (Å²) in [5.74, 6) is -1.73. The molecule has 3 amide bonds. The fourth-order valence-corrected chi connectivity index (χ4v) is 3.19. The highest BCUT2D eigenvalue weighted by atomic mass is 16.2. The number of nitrogens with zero attached hydrogens (tertiary/aromatic N) is 2. The Kier molecular flexibility index (Phi) is 4.59. The maximum Gasteiger partial charge on any atom is 0.319 e. The largest absolute Gasteiger partial charge is 0.330 e. The van der Waals surface area contributed by atoms with Crippen molar-refractivity contribution in [3.8, 4) is 0 Å². The van der Waals surface area contributed by atoms with Crippen LogP contribution in [0.5, 0.6) is 0 Å². The van der Waals surface area contributed by atoms with Crippen molar-refractivity contribution >= 4 is 17.7 Å². The predicted octanol–water partition coefficient (Wildman–Crippen LogP) is 2.43. The molecule has 5 heteroatoms. The summed E-state index contributed by atoms with van der Waals surface area (Å²) in [7, 11) is 0. The van der Waals surface area contributed by atoms with Crippen LogP contribution in [0.2, 0.25) is 0 Å². The third-order valence-corrected chi connectivity index (χ3v) is 4.31. The molecule has 2 rings (SSSR count). The highest BCUT2D eigenvalue weighted by Gasteiger charge is 2.39. The quantitative estimate of drug-likeness (QED) is 0.787. The SMILES string of the molecule is Cc1ccc(C)c2c1CN(C(=O)C(=O)N(C(C)C)C(C)C)C2=O. The molecule has 0 spiro atoms. The molecule has 1 aromatic rings. The third-order valence-electron chi connectivity index (χ3n) is 4.31. The van der Waals surface area contributed by atoms with Crippen LogP contribution >= 0.6 is 0 Å². The van der Waals surface area contributed by atoms with Crippen molar-refractivity contribution in [3.63, 3.8) is 0 Å². The first kappa shape index (κ1) is 17.2. The molecule has 0 fully saturated rings. The normalized spacial score (nSPS) is 13.7. The predicted molar refractivity (Wildman–Crippen MR) is 87.9 cm³/mol. The van der Waals surface area contributed by atoms with Crippen LogP contribution in [0.25, 0.3) is 0 Å². The van der Waals surface area contributed by atoms with Gasteiger partial charge in [-0.3, -0.25) is 19.3 Å². The minimum atomic E-state index is -0.743. The lowest BCUT2D eigenvalue weighted by Crippen LogP contribution is -2.50. The van der Waals surface area contributed by atoms with Crippen molar-refractivity contribution in [2.24, 2.45) is 0 Å². The number of imide groups is 1. The molecule has 0 aromatic heterocycles. The molecule has 5 nitrogen and oxygen atoms in total. The van der Waals surface area contributed by atoms with Crippen molar-refractivity contribution in [3.05, 3.63) is 34.4 Å². The minimum Gasteiger partial charge on any atom is -0.330 e. The lowest BCUT2D eigenvalue weighted by molar-refractivity contribution is -0.152. The zero-order valence-electron chi connectivity index (χ0n) is 14.6. The van der Waals surface area contributed by atoms with E-state index in [2.05, 4.69) is 0 Å². The van der Waals surface area contributed by atoms with E-state index in [1.54, 1.807) is 0 Å². The molecule has 0 bridgehead atoms. The van der Waals surface area contributed by atoms with E-state index in [9.17, 15) is 14.4 Å². The molecule has 1 aromatic carbocycles. The highest BCUT2D eigenvalue weighted by molar-refractivity contribution is 6.39. The number of carbonyl (C=O) groups is 3. The molecule has 23 heavy (non-hydrogen) atoms. The number of aryl methyl sites for hydroxylation is 2. The first-order valence-electron chi connectivity index (χ1n) is 7.94. The number of fused-ring (bicyclic) bond motifs is 1. The molecular formula is C18H24N2O3. The Morgan fingerprint density at radius 2 is 1.57 bits per heavy atom. The van der Waals surface area contributed by atoms with Gasteiger partial charge in [-0.2, -0.15) is 0 Å². The fourth-order valence-electron chi connectivity index (χ4n) is 3.19. The van der Waals surface area contributed by atoms with Crippen molar-refractivity contribution in [2.75, 3.05) is 0 Å². The van der Waals surface area contributed by atoms with Crippen LogP contribution in [0.3, 0.4) is 0 Å². The van der Waals surface area contributed by atoms with Crippen LogP contribution in [0.1, 0.15) is 54.7 Å². The summed E-state index contributed by atoms with van der Waals surface area (Å²) in [4.78, 5) is 40.4. The van der Waals surface area contributed by atoms with Gasteiger partial charge >= 0.3 is 11.8 Å². The molecule has 1 heterocycles. The van der Waals surface area contributed by atoms with Gasteiger partial charge in [0.2, 0.25) is 0 Å². The van der Waals surface area contributed by atoms with Crippen molar-refractivity contribution in [1.29, 1.82) is 0 Å². The molecule has 0 aliphatic carbocycles. The van der Waals surface area contributed by atoms with Gasteiger partial charge in [0.1, 0.15) is 0 Å². The average Bonchev–Trinajstić information content (AvgIpc) is 2.80. The monoisotopic (exact) mass is 316 g/mol. The van der Waals surface area contributed by atoms with Crippen LogP contribution in [0.4, 0.5) is 0 Å². The van der Waals surface area contributed by atoms with Crippen LogP contribution in [0.15, 0.2) is 12.1 Å². The molecule has 1 aliphatic rings. The van der Waals surface area contributed by atoms with E-state index < -0.39 is 11.8 Å². The van der Waals surface area contributed by atoms with Crippen molar-refractivity contribution in [1.82, 2.24) is 9.80 Å². The van der Waals surface area contributed by atoms with E-state index in [1.807, 2.05) is 53.7 Å². The Hall–Kier alpha value is -2.17. The topological polar surface area (TPSA) is 57.7 Å². The van der Waals surface area contributed by atoms with Gasteiger partial charge in [0.15, 0.2) is 0 Å². The summed E-state index contributed by atoms with van der Waals surface area (Å²) in [5, 5.41) is 0. The molecule has 1 aliphatic heterocycles. The summed E-state index contributed by atoms with van der Waals surface area (Å²) < 4.78 is 0. The van der Waals surface area contributed by atoms with Gasteiger partial charge in [-0.15, -0.1) is 0 Å². The molecule has 0 unspecified atom stereocenters. The summed E-state index contributed by atoms with van der Waals surface area (Å²) in [6.07, 6.45) is 0. The average molecular weight is 316 g/mol. The number of rotatable bonds is 2. The second-order valence-electron chi connectivity index (χ2n) is 6.65. The van der Waals surface area contributed by atoms with Gasteiger partial charge < -0.3 is 4.90 Å². The number of hydrogen-bond acceptors (Lipinski definition) is 3. The molecule has 0 atom stereocenters. The highest BCUT2D eigenvalue weighted by Crippen LogP contribution is 2.29. The number of benzene rings is 1. The molecular weight excluding hydrogens is 292 g/mol. The number of hydrogen-bond donors (Lipinski definition) is 0. The van der Waals surface area contributed by atoms with E-state index >= 15 is 0 Å². The van der Waals surface area contributed by atoms with E-state index in [0.717, 1.165) is 21.6 Å². The van der Waals surface area contributed by atoms with Crippen LogP contribution in [-0.2, 0) is 16.1 Å². The molecule has 0 saturated heterocycles. The van der Waals surface area contributed by atoms with Crippen molar-refractivity contribution < 1.29 is 14.4 Å². The van der Waals surface area contributed by atoms with Gasteiger partial charge in [-0.25, -0.2) is 0 Å². The molecule has 124 valence electrons. The molecule has 0 N–H and O–H groups in total. The summed E-state index contributed by atoms with van der Waals surface area (Å²) in [5.41, 5.74) is 3.21. The second-order valence-corrected chi connectivity index (χ2v) is 6.65. The summed E-state index contributed by atoms with van der Waals surface area (Å²) >= 11 is 0. The Balaban J connectivity index is 2.33.